The maximum Gasteiger partial charge on any atom is 0.313 e. The fraction of sp³-hybridized carbons (Fsp3) is 0.500. The normalized spacial score (nSPS) is 12.4. The van der Waals surface area contributed by atoms with Gasteiger partial charge in [-0.05, 0) is 37.5 Å². The molecule has 0 radical (unpaired) electrons. The summed E-state index contributed by atoms with van der Waals surface area (Å²) < 4.78 is 26.1. The number of carboxylic acid groups (broad SMARTS) is 1. The molecule has 2 N–H and O–H groups in total. The molecule has 0 fully saturated rings. The number of rotatable bonds is 6. The highest BCUT2D eigenvalue weighted by molar-refractivity contribution is 7.92. The van der Waals surface area contributed by atoms with Gasteiger partial charge in [0.25, 0.3) is 0 Å². The van der Waals surface area contributed by atoms with E-state index in [-0.39, 0.29) is 11.7 Å². The number of sulfonamides is 1. The van der Waals surface area contributed by atoms with Gasteiger partial charge < -0.3 is 5.11 Å². The molecule has 1 rings (SSSR count). The van der Waals surface area contributed by atoms with Crippen LogP contribution in [0.4, 0.5) is 5.69 Å². The first-order valence-electron chi connectivity index (χ1n) is 6.39. The number of carboxylic acids is 1. The van der Waals surface area contributed by atoms with Crippen molar-refractivity contribution in [2.24, 2.45) is 5.92 Å². The molecule has 112 valence electrons. The van der Waals surface area contributed by atoms with Crippen molar-refractivity contribution in [2.75, 3.05) is 10.5 Å². The highest BCUT2D eigenvalue weighted by Gasteiger charge is 2.29. The molecule has 0 bridgehead atoms. The van der Waals surface area contributed by atoms with Crippen LogP contribution in [0.2, 0.25) is 0 Å². The molecule has 0 aliphatic heterocycles. The van der Waals surface area contributed by atoms with Crippen molar-refractivity contribution in [1.82, 2.24) is 0 Å². The summed E-state index contributed by atoms with van der Waals surface area (Å²) >= 11 is 0. The van der Waals surface area contributed by atoms with Crippen LogP contribution in [0.15, 0.2) is 24.3 Å². The number of hydrogen-bond donors (Lipinski definition) is 2. The number of anilines is 1. The predicted octanol–water partition coefficient (Wildman–Crippen LogP) is 2.45. The number of benzene rings is 1. The van der Waals surface area contributed by atoms with E-state index in [1.54, 1.807) is 38.1 Å². The zero-order valence-corrected chi connectivity index (χ0v) is 13.0. The fourth-order valence-corrected chi connectivity index (χ4v) is 3.19. The van der Waals surface area contributed by atoms with Crippen molar-refractivity contribution >= 4 is 21.7 Å². The number of aliphatic carboxylic acids is 1. The molecule has 0 saturated heterocycles. The van der Waals surface area contributed by atoms with Gasteiger partial charge in [0, 0.05) is 5.69 Å². The quantitative estimate of drug-likeness (QED) is 0.845. The van der Waals surface area contributed by atoms with Crippen LogP contribution < -0.4 is 4.72 Å². The summed E-state index contributed by atoms with van der Waals surface area (Å²) in [6.45, 7) is 6.87. The molecule has 0 saturated carbocycles. The molecule has 0 aliphatic rings. The first kappa shape index (κ1) is 16.5. The largest absolute Gasteiger partial charge is 0.481 e. The summed E-state index contributed by atoms with van der Waals surface area (Å²) in [7, 11) is -3.36. The Morgan fingerprint density at radius 3 is 2.15 bits per heavy atom. The molecule has 5 nitrogen and oxygen atoms in total. The first-order chi connectivity index (χ1) is 9.04. The van der Waals surface area contributed by atoms with Gasteiger partial charge in [-0.3, -0.25) is 9.52 Å². The van der Waals surface area contributed by atoms with Gasteiger partial charge in [-0.2, -0.15) is 0 Å². The van der Waals surface area contributed by atoms with Crippen LogP contribution in [0.25, 0.3) is 0 Å². The van der Waals surface area contributed by atoms with E-state index in [4.69, 9.17) is 5.11 Å². The Morgan fingerprint density at radius 2 is 1.75 bits per heavy atom. The second-order valence-corrected chi connectivity index (χ2v) is 7.55. The van der Waals surface area contributed by atoms with E-state index in [2.05, 4.69) is 4.72 Å². The Kier molecular flexibility index (Phi) is 4.81. The lowest BCUT2D eigenvalue weighted by Crippen LogP contribution is -2.28. The SMILES string of the molecule is CC(C)CS(=O)(=O)Nc1ccc(C(C)(C)C(=O)O)cc1. The van der Waals surface area contributed by atoms with Gasteiger partial charge in [-0.1, -0.05) is 26.0 Å². The second kappa shape index (κ2) is 5.83. The lowest BCUT2D eigenvalue weighted by atomic mass is 9.85. The molecule has 0 unspecified atom stereocenters. The van der Waals surface area contributed by atoms with Crippen molar-refractivity contribution < 1.29 is 18.3 Å². The van der Waals surface area contributed by atoms with Crippen molar-refractivity contribution in [2.45, 2.75) is 33.1 Å². The molecule has 0 amide bonds. The lowest BCUT2D eigenvalue weighted by Gasteiger charge is -2.20. The van der Waals surface area contributed by atoms with Gasteiger partial charge in [0.05, 0.1) is 11.2 Å². The van der Waals surface area contributed by atoms with E-state index in [1.807, 2.05) is 13.8 Å². The van der Waals surface area contributed by atoms with Crippen molar-refractivity contribution in [3.63, 3.8) is 0 Å². The van der Waals surface area contributed by atoms with Crippen molar-refractivity contribution in [3.05, 3.63) is 29.8 Å². The van der Waals surface area contributed by atoms with Gasteiger partial charge in [0.2, 0.25) is 10.0 Å². The molecule has 0 heterocycles. The van der Waals surface area contributed by atoms with E-state index in [1.165, 1.54) is 0 Å². The minimum absolute atomic E-state index is 0.0396. The molecule has 0 spiro atoms. The first-order valence-corrected chi connectivity index (χ1v) is 8.04. The summed E-state index contributed by atoms with van der Waals surface area (Å²) in [5.74, 6) is -0.835. The van der Waals surface area contributed by atoms with Gasteiger partial charge in [0.1, 0.15) is 0 Å². The third kappa shape index (κ3) is 4.23. The van der Waals surface area contributed by atoms with E-state index < -0.39 is 21.4 Å². The van der Waals surface area contributed by atoms with Crippen molar-refractivity contribution in [3.8, 4) is 0 Å². The Labute approximate surface area is 120 Å². The average molecular weight is 299 g/mol. The standard InChI is InChI=1S/C14H21NO4S/c1-10(2)9-20(18,19)15-12-7-5-11(6-8-12)14(3,4)13(16)17/h5-8,10,15H,9H2,1-4H3,(H,16,17). The van der Waals surface area contributed by atoms with Crippen LogP contribution >= 0.6 is 0 Å². The van der Waals surface area contributed by atoms with Crippen LogP contribution in [-0.2, 0) is 20.2 Å². The maximum absolute atomic E-state index is 11.8. The van der Waals surface area contributed by atoms with Gasteiger partial charge in [-0.25, -0.2) is 8.42 Å². The highest BCUT2D eigenvalue weighted by atomic mass is 32.2. The van der Waals surface area contributed by atoms with Gasteiger partial charge in [-0.15, -0.1) is 0 Å². The monoisotopic (exact) mass is 299 g/mol. The lowest BCUT2D eigenvalue weighted by molar-refractivity contribution is -0.142. The molecule has 20 heavy (non-hydrogen) atoms. The summed E-state index contributed by atoms with van der Waals surface area (Å²) in [6, 6.07) is 6.42. The van der Waals surface area contributed by atoms with E-state index in [0.29, 0.717) is 11.3 Å². The van der Waals surface area contributed by atoms with Gasteiger partial charge >= 0.3 is 5.97 Å². The Morgan fingerprint density at radius 1 is 1.25 bits per heavy atom. The van der Waals surface area contributed by atoms with E-state index in [0.717, 1.165) is 0 Å². The molecule has 6 heteroatoms. The number of carbonyl (C=O) groups is 1. The van der Waals surface area contributed by atoms with Crippen molar-refractivity contribution in [1.29, 1.82) is 0 Å². The Balaban J connectivity index is 2.91. The molecule has 1 aromatic rings. The smallest absolute Gasteiger partial charge is 0.313 e. The third-order valence-corrected chi connectivity index (χ3v) is 4.62. The zero-order valence-electron chi connectivity index (χ0n) is 12.2. The van der Waals surface area contributed by atoms with Crippen LogP contribution in [0.5, 0.6) is 0 Å². The summed E-state index contributed by atoms with van der Waals surface area (Å²) in [5, 5.41) is 9.14. The topological polar surface area (TPSA) is 83.5 Å². The Hall–Kier alpha value is -1.56. The molecular formula is C14H21NO4S. The Bertz CT molecular complexity index is 574. The maximum atomic E-state index is 11.8. The highest BCUT2D eigenvalue weighted by Crippen LogP contribution is 2.25. The molecule has 0 aliphatic carbocycles. The minimum atomic E-state index is -3.36. The molecule has 0 aromatic heterocycles. The van der Waals surface area contributed by atoms with E-state index in [9.17, 15) is 13.2 Å². The summed E-state index contributed by atoms with van der Waals surface area (Å²) in [5.41, 5.74) is 0.0578. The summed E-state index contributed by atoms with van der Waals surface area (Å²) in [4.78, 5) is 11.1. The molecular weight excluding hydrogens is 278 g/mol. The van der Waals surface area contributed by atoms with Crippen LogP contribution in [0.3, 0.4) is 0 Å². The van der Waals surface area contributed by atoms with E-state index >= 15 is 0 Å². The molecule has 0 atom stereocenters. The third-order valence-electron chi connectivity index (χ3n) is 2.97. The minimum Gasteiger partial charge on any atom is -0.481 e. The predicted molar refractivity (Wildman–Crippen MR) is 79.4 cm³/mol. The number of hydrogen-bond acceptors (Lipinski definition) is 3. The van der Waals surface area contributed by atoms with Crippen LogP contribution in [-0.4, -0.2) is 25.2 Å². The van der Waals surface area contributed by atoms with Crippen LogP contribution in [0, 0.1) is 5.92 Å². The van der Waals surface area contributed by atoms with Crippen LogP contribution in [0.1, 0.15) is 33.3 Å². The number of nitrogens with one attached hydrogen (secondary N) is 1. The molecule has 1 aromatic carbocycles. The average Bonchev–Trinajstić information content (AvgIpc) is 2.26. The summed E-state index contributed by atoms with van der Waals surface area (Å²) in [6.07, 6.45) is 0. The fourth-order valence-electron chi connectivity index (χ4n) is 1.74. The van der Waals surface area contributed by atoms with Gasteiger partial charge in [0.15, 0.2) is 0 Å². The second-order valence-electron chi connectivity index (χ2n) is 5.78. The zero-order chi connectivity index (χ0) is 15.6.